The van der Waals surface area contributed by atoms with Crippen molar-refractivity contribution in [2.24, 2.45) is 10.8 Å². The fourth-order valence-corrected chi connectivity index (χ4v) is 5.10. The summed E-state index contributed by atoms with van der Waals surface area (Å²) in [5.41, 5.74) is 0.794. The van der Waals surface area contributed by atoms with Gasteiger partial charge < -0.3 is 14.7 Å². The molecule has 1 unspecified atom stereocenters. The number of nitrogens with one attached hydrogen (secondary N) is 1. The standard InChI is InChI=1S/C19H28FNO2/c1-18(2)8-14-9-19(3,12-18)13-21(14)10-15(22)11-23-17-7-5-4-6-16(17)20/h4-7,14-15,22H,8-13H2,1-3H3/p+1/t14-,15-,19-/m1/s1. The average molecular weight is 322 g/mol. The molecule has 1 aliphatic heterocycles. The number of quaternary nitrogens is 1. The Morgan fingerprint density at radius 3 is 2.78 bits per heavy atom. The van der Waals surface area contributed by atoms with Gasteiger partial charge in [0.15, 0.2) is 11.6 Å². The summed E-state index contributed by atoms with van der Waals surface area (Å²) in [5, 5.41) is 10.3. The summed E-state index contributed by atoms with van der Waals surface area (Å²) in [4.78, 5) is 1.49. The first-order chi connectivity index (χ1) is 10.8. The molecule has 1 saturated carbocycles. The average Bonchev–Trinajstić information content (AvgIpc) is 2.66. The van der Waals surface area contributed by atoms with E-state index in [1.165, 1.54) is 30.2 Å². The van der Waals surface area contributed by atoms with Gasteiger partial charge in [-0.05, 0) is 24.0 Å². The smallest absolute Gasteiger partial charge is 0.165 e. The summed E-state index contributed by atoms with van der Waals surface area (Å²) >= 11 is 0. The number of benzene rings is 1. The van der Waals surface area contributed by atoms with E-state index in [1.807, 2.05) is 0 Å². The number of fused-ring (bicyclic) bond motifs is 2. The van der Waals surface area contributed by atoms with Crippen molar-refractivity contribution in [3.8, 4) is 5.75 Å². The number of aliphatic hydroxyl groups excluding tert-OH is 1. The number of para-hydroxylation sites is 1. The predicted octanol–water partition coefficient (Wildman–Crippen LogP) is 2.05. The van der Waals surface area contributed by atoms with E-state index in [2.05, 4.69) is 20.8 Å². The van der Waals surface area contributed by atoms with Gasteiger partial charge in [0.2, 0.25) is 0 Å². The highest BCUT2D eigenvalue weighted by Crippen LogP contribution is 2.47. The Morgan fingerprint density at radius 1 is 1.30 bits per heavy atom. The van der Waals surface area contributed by atoms with Crippen LogP contribution in [-0.2, 0) is 0 Å². The van der Waals surface area contributed by atoms with E-state index in [4.69, 9.17) is 4.74 Å². The van der Waals surface area contributed by atoms with Crippen molar-refractivity contribution >= 4 is 0 Å². The summed E-state index contributed by atoms with van der Waals surface area (Å²) in [6.45, 7) is 9.06. The summed E-state index contributed by atoms with van der Waals surface area (Å²) in [6.07, 6.45) is 3.18. The zero-order valence-corrected chi connectivity index (χ0v) is 14.4. The Labute approximate surface area is 138 Å². The molecule has 1 aromatic carbocycles. The zero-order chi connectivity index (χ0) is 16.7. The molecule has 23 heavy (non-hydrogen) atoms. The minimum Gasteiger partial charge on any atom is -0.488 e. The minimum atomic E-state index is -0.560. The Hall–Kier alpha value is -1.13. The van der Waals surface area contributed by atoms with Gasteiger partial charge in [0.05, 0.1) is 12.6 Å². The van der Waals surface area contributed by atoms with Crippen LogP contribution in [0.2, 0.25) is 0 Å². The highest BCUT2D eigenvalue weighted by Gasteiger charge is 2.52. The van der Waals surface area contributed by atoms with Gasteiger partial charge in [0, 0.05) is 18.3 Å². The summed E-state index contributed by atoms with van der Waals surface area (Å²) in [6, 6.07) is 6.98. The van der Waals surface area contributed by atoms with Crippen LogP contribution in [0.1, 0.15) is 40.0 Å². The highest BCUT2D eigenvalue weighted by molar-refractivity contribution is 5.23. The predicted molar refractivity (Wildman–Crippen MR) is 88.1 cm³/mol. The molecule has 1 aromatic rings. The first-order valence-corrected chi connectivity index (χ1v) is 8.66. The molecule has 0 spiro atoms. The Bertz CT molecular complexity index is 562. The fraction of sp³-hybridized carbons (Fsp3) is 0.684. The highest BCUT2D eigenvalue weighted by atomic mass is 19.1. The maximum absolute atomic E-state index is 13.5. The van der Waals surface area contributed by atoms with Crippen LogP contribution in [0.3, 0.4) is 0 Å². The first-order valence-electron chi connectivity index (χ1n) is 8.66. The van der Waals surface area contributed by atoms with Gasteiger partial charge in [-0.3, -0.25) is 0 Å². The molecule has 0 aromatic heterocycles. The molecule has 2 fully saturated rings. The van der Waals surface area contributed by atoms with Gasteiger partial charge in [-0.25, -0.2) is 4.39 Å². The molecule has 1 aliphatic carbocycles. The number of halogens is 1. The summed E-state index contributed by atoms with van der Waals surface area (Å²) in [7, 11) is 0. The number of aliphatic hydroxyl groups is 1. The van der Waals surface area contributed by atoms with Gasteiger partial charge in [0.25, 0.3) is 0 Å². The Balaban J connectivity index is 1.55. The SMILES string of the molecule is CC1(C)C[C@@H]2C[C@@](C)(C[NH+]2C[C@@H](O)COc2ccccc2F)C1. The van der Waals surface area contributed by atoms with Crippen LogP contribution in [0.5, 0.6) is 5.75 Å². The minimum absolute atomic E-state index is 0.150. The topological polar surface area (TPSA) is 33.9 Å². The molecule has 128 valence electrons. The molecule has 3 nitrogen and oxygen atoms in total. The molecule has 0 radical (unpaired) electrons. The number of hydrogen-bond donors (Lipinski definition) is 2. The van der Waals surface area contributed by atoms with Crippen molar-refractivity contribution in [3.05, 3.63) is 30.1 Å². The molecule has 4 heteroatoms. The van der Waals surface area contributed by atoms with E-state index >= 15 is 0 Å². The molecule has 4 atom stereocenters. The lowest BCUT2D eigenvalue weighted by atomic mass is 9.65. The second kappa shape index (κ2) is 6.06. The first kappa shape index (κ1) is 16.7. The third-order valence-corrected chi connectivity index (χ3v) is 5.44. The molecule has 2 N–H and O–H groups in total. The fourth-order valence-electron chi connectivity index (χ4n) is 5.10. The van der Waals surface area contributed by atoms with Crippen molar-refractivity contribution in [3.63, 3.8) is 0 Å². The van der Waals surface area contributed by atoms with Gasteiger partial charge in [-0.15, -0.1) is 0 Å². The lowest BCUT2D eigenvalue weighted by Gasteiger charge is -2.37. The number of likely N-dealkylation sites (tertiary alicyclic amines) is 1. The van der Waals surface area contributed by atoms with Crippen LogP contribution >= 0.6 is 0 Å². The van der Waals surface area contributed by atoms with Crippen LogP contribution in [0, 0.1) is 16.6 Å². The van der Waals surface area contributed by atoms with E-state index in [-0.39, 0.29) is 18.2 Å². The third-order valence-electron chi connectivity index (χ3n) is 5.44. The van der Waals surface area contributed by atoms with Crippen molar-refractivity contribution in [1.29, 1.82) is 0 Å². The van der Waals surface area contributed by atoms with Crippen LogP contribution in [0.15, 0.2) is 24.3 Å². The summed E-state index contributed by atoms with van der Waals surface area (Å²) in [5.74, 6) is -0.159. The molecule has 2 aliphatic rings. The van der Waals surface area contributed by atoms with E-state index in [0.717, 1.165) is 6.54 Å². The largest absolute Gasteiger partial charge is 0.488 e. The van der Waals surface area contributed by atoms with Crippen LogP contribution in [0.4, 0.5) is 4.39 Å². The number of hydrogen-bond acceptors (Lipinski definition) is 2. The van der Waals surface area contributed by atoms with E-state index in [0.29, 0.717) is 23.4 Å². The van der Waals surface area contributed by atoms with Gasteiger partial charge >= 0.3 is 0 Å². The molecular weight excluding hydrogens is 293 g/mol. The lowest BCUT2D eigenvalue weighted by molar-refractivity contribution is -0.917. The van der Waals surface area contributed by atoms with Crippen molar-refractivity contribution in [1.82, 2.24) is 0 Å². The number of rotatable bonds is 5. The molecule has 2 bridgehead atoms. The molecule has 3 rings (SSSR count). The van der Waals surface area contributed by atoms with Crippen LogP contribution in [0.25, 0.3) is 0 Å². The molecule has 1 heterocycles. The Kier molecular flexibility index (Phi) is 4.41. The van der Waals surface area contributed by atoms with Gasteiger partial charge in [-0.1, -0.05) is 32.9 Å². The number of ether oxygens (including phenoxy) is 1. The quantitative estimate of drug-likeness (QED) is 0.870. The molecular formula is C19H29FNO2+. The van der Waals surface area contributed by atoms with E-state index in [9.17, 15) is 9.50 Å². The normalized spacial score (nSPS) is 33.4. The zero-order valence-electron chi connectivity index (χ0n) is 14.4. The van der Waals surface area contributed by atoms with Gasteiger partial charge in [0.1, 0.15) is 19.3 Å². The third kappa shape index (κ3) is 3.86. The maximum atomic E-state index is 13.5. The monoisotopic (exact) mass is 322 g/mol. The van der Waals surface area contributed by atoms with Crippen molar-refractivity contribution < 1.29 is 19.1 Å². The van der Waals surface area contributed by atoms with E-state index < -0.39 is 6.10 Å². The second-order valence-corrected chi connectivity index (χ2v) is 8.69. The summed E-state index contributed by atoms with van der Waals surface area (Å²) < 4.78 is 19.0. The van der Waals surface area contributed by atoms with Gasteiger partial charge in [-0.2, -0.15) is 0 Å². The lowest BCUT2D eigenvalue weighted by Crippen LogP contribution is -3.15. The maximum Gasteiger partial charge on any atom is 0.165 e. The molecule has 0 amide bonds. The second-order valence-electron chi connectivity index (χ2n) is 8.69. The molecule has 1 saturated heterocycles. The van der Waals surface area contributed by atoms with Crippen LogP contribution in [-0.4, -0.2) is 36.9 Å². The van der Waals surface area contributed by atoms with Crippen molar-refractivity contribution in [2.75, 3.05) is 19.7 Å². The van der Waals surface area contributed by atoms with Crippen LogP contribution < -0.4 is 9.64 Å². The van der Waals surface area contributed by atoms with E-state index in [1.54, 1.807) is 18.2 Å². The Morgan fingerprint density at radius 2 is 2.04 bits per heavy atom. The van der Waals surface area contributed by atoms with Crippen molar-refractivity contribution in [2.45, 2.75) is 52.2 Å².